The quantitative estimate of drug-likeness (QED) is 0.552. The molecule has 0 aliphatic carbocycles. The molecule has 0 bridgehead atoms. The van der Waals surface area contributed by atoms with Crippen LogP contribution in [0.4, 0.5) is 10.1 Å². The Morgan fingerprint density at radius 3 is 2.45 bits per heavy atom. The van der Waals surface area contributed by atoms with Crippen molar-refractivity contribution in [3.63, 3.8) is 0 Å². The highest BCUT2D eigenvalue weighted by molar-refractivity contribution is 5.94. The number of halogens is 1. The summed E-state index contributed by atoms with van der Waals surface area (Å²) in [5.74, 6) is 0.335. The average Bonchev–Trinajstić information content (AvgIpc) is 2.69. The van der Waals surface area contributed by atoms with Crippen molar-refractivity contribution < 1.29 is 28.4 Å². The molecule has 2 rings (SSSR count). The van der Waals surface area contributed by atoms with Gasteiger partial charge in [-0.05, 0) is 49.4 Å². The number of anilines is 1. The Bertz CT molecular complexity index is 827. The maximum absolute atomic E-state index is 12.9. The fourth-order valence-corrected chi connectivity index (χ4v) is 2.76. The lowest BCUT2D eigenvalue weighted by Gasteiger charge is -2.15. The molecule has 0 saturated carbocycles. The third-order valence-electron chi connectivity index (χ3n) is 4.07. The Morgan fingerprint density at radius 1 is 1.07 bits per heavy atom. The van der Waals surface area contributed by atoms with E-state index in [-0.39, 0.29) is 30.7 Å². The molecule has 0 saturated heterocycles. The van der Waals surface area contributed by atoms with E-state index < -0.39 is 0 Å². The van der Waals surface area contributed by atoms with Crippen LogP contribution in [0.1, 0.15) is 12.5 Å². The second-order valence-corrected chi connectivity index (χ2v) is 6.56. The first kappa shape index (κ1) is 22.2. The molecular formula is C21H27FN3O4+. The number of benzene rings is 2. The SMILES string of the molecule is CCOc1ccc(C[NH+](C)CC(=O)NCC(=O)Nc2ccc(F)cc2)cc1OC. The van der Waals surface area contributed by atoms with Crippen molar-refractivity contribution in [3.05, 3.63) is 53.8 Å². The molecule has 7 nitrogen and oxygen atoms in total. The molecule has 0 fully saturated rings. The summed E-state index contributed by atoms with van der Waals surface area (Å²) < 4.78 is 23.7. The molecule has 156 valence electrons. The van der Waals surface area contributed by atoms with Crippen molar-refractivity contribution in [3.8, 4) is 11.5 Å². The number of carbonyl (C=O) groups is 2. The molecule has 2 aromatic carbocycles. The first-order valence-corrected chi connectivity index (χ1v) is 9.34. The van der Waals surface area contributed by atoms with Gasteiger partial charge in [-0.1, -0.05) is 0 Å². The molecule has 0 aliphatic heterocycles. The average molecular weight is 404 g/mol. The number of rotatable bonds is 10. The normalized spacial score (nSPS) is 11.4. The van der Waals surface area contributed by atoms with Gasteiger partial charge in [0.1, 0.15) is 12.4 Å². The molecule has 29 heavy (non-hydrogen) atoms. The van der Waals surface area contributed by atoms with E-state index in [0.29, 0.717) is 30.3 Å². The van der Waals surface area contributed by atoms with Crippen molar-refractivity contribution in [2.24, 2.45) is 0 Å². The van der Waals surface area contributed by atoms with Crippen molar-refractivity contribution >= 4 is 17.5 Å². The maximum Gasteiger partial charge on any atom is 0.275 e. The van der Waals surface area contributed by atoms with E-state index in [4.69, 9.17) is 9.47 Å². The summed E-state index contributed by atoms with van der Waals surface area (Å²) in [7, 11) is 3.48. The van der Waals surface area contributed by atoms with Gasteiger partial charge in [0.2, 0.25) is 5.91 Å². The van der Waals surface area contributed by atoms with Crippen LogP contribution in [0, 0.1) is 5.82 Å². The highest BCUT2D eigenvalue weighted by atomic mass is 19.1. The highest BCUT2D eigenvalue weighted by Crippen LogP contribution is 2.27. The Kier molecular flexibility index (Phi) is 8.42. The van der Waals surface area contributed by atoms with Crippen LogP contribution in [-0.2, 0) is 16.1 Å². The molecule has 0 heterocycles. The van der Waals surface area contributed by atoms with Crippen molar-refractivity contribution in [1.82, 2.24) is 5.32 Å². The van der Waals surface area contributed by atoms with Gasteiger partial charge >= 0.3 is 0 Å². The number of quaternary nitrogens is 1. The van der Waals surface area contributed by atoms with Gasteiger partial charge < -0.3 is 25.0 Å². The standard InChI is InChI=1S/C21H26FN3O4/c1-4-29-18-10-5-15(11-19(18)28-3)13-25(2)14-21(27)23-12-20(26)24-17-8-6-16(22)7-9-17/h5-11H,4,12-14H2,1-3H3,(H,23,27)(H,24,26)/p+1. The Labute approximate surface area is 169 Å². The van der Waals surface area contributed by atoms with Crippen molar-refractivity contribution in [2.75, 3.05) is 39.2 Å². The smallest absolute Gasteiger partial charge is 0.275 e. The van der Waals surface area contributed by atoms with Gasteiger partial charge in [0.05, 0.1) is 27.3 Å². The second-order valence-electron chi connectivity index (χ2n) is 6.56. The van der Waals surface area contributed by atoms with E-state index >= 15 is 0 Å². The molecule has 1 atom stereocenters. The molecule has 2 aromatic rings. The molecule has 2 amide bonds. The number of hydrogen-bond acceptors (Lipinski definition) is 4. The van der Waals surface area contributed by atoms with Gasteiger partial charge in [-0.2, -0.15) is 0 Å². The zero-order chi connectivity index (χ0) is 21.2. The molecule has 1 unspecified atom stereocenters. The summed E-state index contributed by atoms with van der Waals surface area (Å²) in [6, 6.07) is 11.1. The van der Waals surface area contributed by atoms with Crippen LogP contribution in [0.25, 0.3) is 0 Å². The first-order valence-electron chi connectivity index (χ1n) is 9.34. The lowest BCUT2D eigenvalue weighted by Crippen LogP contribution is -3.08. The number of methoxy groups -OCH3 is 1. The summed E-state index contributed by atoms with van der Waals surface area (Å²) in [6.07, 6.45) is 0. The summed E-state index contributed by atoms with van der Waals surface area (Å²) >= 11 is 0. The van der Waals surface area contributed by atoms with Crippen molar-refractivity contribution in [2.45, 2.75) is 13.5 Å². The molecule has 3 N–H and O–H groups in total. The number of nitrogens with one attached hydrogen (secondary N) is 3. The van der Waals surface area contributed by atoms with Crippen LogP contribution in [0.5, 0.6) is 11.5 Å². The minimum absolute atomic E-state index is 0.152. The fourth-order valence-electron chi connectivity index (χ4n) is 2.76. The van der Waals surface area contributed by atoms with Crippen LogP contribution in [0.3, 0.4) is 0 Å². The topological polar surface area (TPSA) is 81.1 Å². The monoisotopic (exact) mass is 404 g/mol. The summed E-state index contributed by atoms with van der Waals surface area (Å²) in [6.45, 7) is 3.12. The first-order chi connectivity index (χ1) is 13.9. The number of ether oxygens (including phenoxy) is 2. The van der Waals surface area contributed by atoms with Gasteiger partial charge in [0.15, 0.2) is 18.0 Å². The summed E-state index contributed by atoms with van der Waals surface area (Å²) in [5.41, 5.74) is 1.47. The lowest BCUT2D eigenvalue weighted by atomic mass is 10.2. The van der Waals surface area contributed by atoms with Crippen LogP contribution in [0.2, 0.25) is 0 Å². The van der Waals surface area contributed by atoms with Crippen LogP contribution in [-0.4, -0.2) is 45.7 Å². The third kappa shape index (κ3) is 7.42. The Balaban J connectivity index is 1.78. The molecule has 0 radical (unpaired) electrons. The predicted octanol–water partition coefficient (Wildman–Crippen LogP) is 1.00. The second kappa shape index (κ2) is 11.0. The van der Waals surface area contributed by atoms with E-state index in [1.54, 1.807) is 7.11 Å². The van der Waals surface area contributed by atoms with Gasteiger partial charge in [-0.15, -0.1) is 0 Å². The van der Waals surface area contributed by atoms with Crippen LogP contribution < -0.4 is 25.0 Å². The predicted molar refractivity (Wildman–Crippen MR) is 108 cm³/mol. The minimum Gasteiger partial charge on any atom is -0.493 e. The van der Waals surface area contributed by atoms with Gasteiger partial charge in [-0.3, -0.25) is 9.59 Å². The Morgan fingerprint density at radius 2 is 1.79 bits per heavy atom. The van der Waals surface area contributed by atoms with E-state index in [2.05, 4.69) is 10.6 Å². The lowest BCUT2D eigenvalue weighted by molar-refractivity contribution is -0.885. The van der Waals surface area contributed by atoms with E-state index in [1.807, 2.05) is 32.2 Å². The van der Waals surface area contributed by atoms with E-state index in [0.717, 1.165) is 10.5 Å². The number of hydrogen-bond donors (Lipinski definition) is 3. The minimum atomic E-state index is -0.382. The number of likely N-dealkylation sites (N-methyl/N-ethyl adjacent to an activating group) is 1. The van der Waals surface area contributed by atoms with Crippen LogP contribution >= 0.6 is 0 Å². The third-order valence-corrected chi connectivity index (χ3v) is 4.07. The number of carbonyl (C=O) groups excluding carboxylic acids is 2. The largest absolute Gasteiger partial charge is 0.493 e. The van der Waals surface area contributed by atoms with Gasteiger partial charge in [-0.25, -0.2) is 4.39 Å². The zero-order valence-corrected chi connectivity index (χ0v) is 16.9. The van der Waals surface area contributed by atoms with E-state index in [9.17, 15) is 14.0 Å². The van der Waals surface area contributed by atoms with Gasteiger partial charge in [0.25, 0.3) is 5.91 Å². The highest BCUT2D eigenvalue weighted by Gasteiger charge is 2.14. The van der Waals surface area contributed by atoms with Gasteiger partial charge in [0, 0.05) is 11.3 Å². The summed E-state index contributed by atoms with van der Waals surface area (Å²) in [5, 5.41) is 5.18. The molecule has 8 heteroatoms. The fraction of sp³-hybridized carbons (Fsp3) is 0.333. The Hall–Kier alpha value is -3.13. The molecule has 0 spiro atoms. The molecular weight excluding hydrogens is 377 g/mol. The number of amides is 2. The van der Waals surface area contributed by atoms with E-state index in [1.165, 1.54) is 24.3 Å². The van der Waals surface area contributed by atoms with Crippen LogP contribution in [0.15, 0.2) is 42.5 Å². The molecule has 0 aliphatic rings. The maximum atomic E-state index is 12.9. The molecule has 0 aromatic heterocycles. The zero-order valence-electron chi connectivity index (χ0n) is 16.9. The van der Waals surface area contributed by atoms with Crippen molar-refractivity contribution in [1.29, 1.82) is 0 Å². The summed E-state index contributed by atoms with van der Waals surface area (Å²) in [4.78, 5) is 24.9.